The molecule has 1 aliphatic heterocycles. The number of rotatable bonds is 5. The Balaban J connectivity index is 1.32. The summed E-state index contributed by atoms with van der Waals surface area (Å²) in [6, 6.07) is 7.07. The van der Waals surface area contributed by atoms with Gasteiger partial charge in [0.1, 0.15) is 0 Å². The summed E-state index contributed by atoms with van der Waals surface area (Å²) >= 11 is 7.37. The van der Waals surface area contributed by atoms with Crippen molar-refractivity contribution in [2.45, 2.75) is 25.8 Å². The molecule has 1 saturated carbocycles. The van der Waals surface area contributed by atoms with E-state index in [0.29, 0.717) is 23.2 Å². The average molecular weight is 391 g/mol. The summed E-state index contributed by atoms with van der Waals surface area (Å²) in [5.41, 5.74) is 1.77. The van der Waals surface area contributed by atoms with Crippen LogP contribution in [0.1, 0.15) is 23.4 Å². The van der Waals surface area contributed by atoms with E-state index in [2.05, 4.69) is 20.5 Å². The Morgan fingerprint density at radius 2 is 2.00 bits per heavy atom. The van der Waals surface area contributed by atoms with E-state index in [4.69, 9.17) is 11.6 Å². The van der Waals surface area contributed by atoms with Crippen LogP contribution >= 0.6 is 22.9 Å². The van der Waals surface area contributed by atoms with Gasteiger partial charge in [0.25, 0.3) is 0 Å². The minimum atomic E-state index is -0.0532. The van der Waals surface area contributed by atoms with Crippen molar-refractivity contribution in [1.82, 2.24) is 9.88 Å². The highest BCUT2D eigenvalue weighted by Crippen LogP contribution is 2.32. The third-order valence-electron chi connectivity index (χ3n) is 4.48. The van der Waals surface area contributed by atoms with Gasteiger partial charge in [-0.05, 0) is 37.1 Å². The molecular weight excluding hydrogens is 372 g/mol. The van der Waals surface area contributed by atoms with E-state index in [-0.39, 0.29) is 17.7 Å². The number of thiazole rings is 1. The number of anilines is 2. The van der Waals surface area contributed by atoms with Gasteiger partial charge in [-0.1, -0.05) is 11.6 Å². The molecule has 8 heteroatoms. The second-order valence-electron chi connectivity index (χ2n) is 6.67. The molecule has 0 bridgehead atoms. The number of carbonyl (C=O) groups is 2. The van der Waals surface area contributed by atoms with Crippen molar-refractivity contribution in [3.8, 4) is 0 Å². The number of hydrogen-bond donors (Lipinski definition) is 2. The minimum Gasteiger partial charge on any atom is -0.325 e. The molecule has 2 aliphatic rings. The molecular formula is C18H19ClN4O2S. The van der Waals surface area contributed by atoms with Gasteiger partial charge >= 0.3 is 0 Å². The second-order valence-corrected chi connectivity index (χ2v) is 8.19. The fraction of sp³-hybridized carbons (Fsp3) is 0.389. The quantitative estimate of drug-likeness (QED) is 0.822. The Morgan fingerprint density at radius 1 is 1.23 bits per heavy atom. The third-order valence-corrected chi connectivity index (χ3v) is 5.73. The number of nitrogens with zero attached hydrogens (tertiary/aromatic N) is 2. The van der Waals surface area contributed by atoms with E-state index < -0.39 is 0 Å². The highest BCUT2D eigenvalue weighted by molar-refractivity contribution is 7.15. The lowest BCUT2D eigenvalue weighted by molar-refractivity contribution is -0.118. The van der Waals surface area contributed by atoms with Crippen LogP contribution in [-0.4, -0.2) is 34.8 Å². The molecule has 4 rings (SSSR count). The molecule has 0 unspecified atom stereocenters. The first-order valence-electron chi connectivity index (χ1n) is 8.64. The van der Waals surface area contributed by atoms with Gasteiger partial charge in [-0.3, -0.25) is 14.5 Å². The van der Waals surface area contributed by atoms with Crippen molar-refractivity contribution in [2.24, 2.45) is 5.92 Å². The number of benzene rings is 1. The fourth-order valence-corrected chi connectivity index (χ4v) is 4.11. The molecule has 0 spiro atoms. The molecule has 0 saturated heterocycles. The number of hydrogen-bond acceptors (Lipinski definition) is 5. The van der Waals surface area contributed by atoms with Gasteiger partial charge in [0, 0.05) is 41.0 Å². The van der Waals surface area contributed by atoms with Gasteiger partial charge in [0.05, 0.1) is 12.2 Å². The minimum absolute atomic E-state index is 0.0532. The van der Waals surface area contributed by atoms with Gasteiger partial charge in [-0.15, -0.1) is 11.3 Å². The van der Waals surface area contributed by atoms with Crippen LogP contribution in [0, 0.1) is 5.92 Å². The van der Waals surface area contributed by atoms with Crippen LogP contribution < -0.4 is 10.6 Å². The summed E-state index contributed by atoms with van der Waals surface area (Å²) in [4.78, 5) is 31.9. The Bertz CT molecular complexity index is 832. The molecule has 1 aromatic carbocycles. The fourth-order valence-electron chi connectivity index (χ4n) is 2.93. The first-order chi connectivity index (χ1) is 12.6. The van der Waals surface area contributed by atoms with Crippen molar-refractivity contribution in [1.29, 1.82) is 0 Å². The standard InChI is InChI=1S/C18H19ClN4O2S/c19-12-3-5-13(6-4-12)20-16(24)10-23-8-7-14-15(9-23)26-18(21-14)22-17(25)11-1-2-11/h3-6,11H,1-2,7-10H2,(H,20,24)(H,21,22,25). The summed E-state index contributed by atoms with van der Waals surface area (Å²) in [6.45, 7) is 1.78. The lowest BCUT2D eigenvalue weighted by atomic mass is 10.2. The molecule has 26 heavy (non-hydrogen) atoms. The van der Waals surface area contributed by atoms with Gasteiger partial charge < -0.3 is 10.6 Å². The molecule has 0 radical (unpaired) electrons. The van der Waals surface area contributed by atoms with Gasteiger partial charge in [-0.25, -0.2) is 4.98 Å². The van der Waals surface area contributed by atoms with Crippen LogP contribution in [0.5, 0.6) is 0 Å². The second kappa shape index (κ2) is 7.34. The summed E-state index contributed by atoms with van der Waals surface area (Å²) < 4.78 is 0. The molecule has 0 atom stereocenters. The number of carbonyl (C=O) groups excluding carboxylic acids is 2. The zero-order valence-corrected chi connectivity index (χ0v) is 15.7. The SMILES string of the molecule is O=C(CN1CCc2nc(NC(=O)C3CC3)sc2C1)Nc1ccc(Cl)cc1. The lowest BCUT2D eigenvalue weighted by Gasteiger charge is -2.25. The van der Waals surface area contributed by atoms with Crippen molar-refractivity contribution in [3.63, 3.8) is 0 Å². The zero-order chi connectivity index (χ0) is 18.1. The van der Waals surface area contributed by atoms with E-state index in [1.807, 2.05) is 0 Å². The smallest absolute Gasteiger partial charge is 0.238 e. The van der Waals surface area contributed by atoms with Crippen molar-refractivity contribution in [2.75, 3.05) is 23.7 Å². The molecule has 2 aromatic rings. The van der Waals surface area contributed by atoms with Crippen LogP contribution in [0.15, 0.2) is 24.3 Å². The first-order valence-corrected chi connectivity index (χ1v) is 9.83. The van der Waals surface area contributed by atoms with Crippen LogP contribution in [0.3, 0.4) is 0 Å². The van der Waals surface area contributed by atoms with Crippen LogP contribution in [0.2, 0.25) is 5.02 Å². The van der Waals surface area contributed by atoms with Gasteiger partial charge in [-0.2, -0.15) is 0 Å². The van der Waals surface area contributed by atoms with Gasteiger partial charge in [0.15, 0.2) is 5.13 Å². The monoisotopic (exact) mass is 390 g/mol. The highest BCUT2D eigenvalue weighted by atomic mass is 35.5. The lowest BCUT2D eigenvalue weighted by Crippen LogP contribution is -2.36. The number of aromatic nitrogens is 1. The van der Waals surface area contributed by atoms with Crippen molar-refractivity contribution in [3.05, 3.63) is 39.9 Å². The third kappa shape index (κ3) is 4.23. The summed E-state index contributed by atoms with van der Waals surface area (Å²) in [5.74, 6) is 0.196. The van der Waals surface area contributed by atoms with E-state index in [1.54, 1.807) is 24.3 Å². The summed E-state index contributed by atoms with van der Waals surface area (Å²) in [5, 5.41) is 7.12. The van der Waals surface area contributed by atoms with E-state index in [9.17, 15) is 9.59 Å². The normalized spacial score (nSPS) is 16.8. The highest BCUT2D eigenvalue weighted by Gasteiger charge is 2.31. The number of halogens is 1. The maximum Gasteiger partial charge on any atom is 0.238 e. The number of amides is 2. The van der Waals surface area contributed by atoms with Crippen LogP contribution in [0.4, 0.5) is 10.8 Å². The predicted molar refractivity (Wildman–Crippen MR) is 103 cm³/mol. The average Bonchev–Trinajstić information content (AvgIpc) is 3.38. The Labute approximate surface area is 160 Å². The van der Waals surface area contributed by atoms with Crippen LogP contribution in [0.25, 0.3) is 0 Å². The van der Waals surface area contributed by atoms with Gasteiger partial charge in [0.2, 0.25) is 11.8 Å². The molecule has 2 heterocycles. The molecule has 1 aromatic heterocycles. The Hall–Kier alpha value is -1.96. The zero-order valence-electron chi connectivity index (χ0n) is 14.1. The van der Waals surface area contributed by atoms with E-state index in [1.165, 1.54) is 11.3 Å². The van der Waals surface area contributed by atoms with Crippen molar-refractivity contribution < 1.29 is 9.59 Å². The first kappa shape index (κ1) is 17.5. The summed E-state index contributed by atoms with van der Waals surface area (Å²) in [7, 11) is 0. The molecule has 6 nitrogen and oxygen atoms in total. The predicted octanol–water partition coefficient (Wildman–Crippen LogP) is 3.14. The van der Waals surface area contributed by atoms with E-state index in [0.717, 1.165) is 42.1 Å². The van der Waals surface area contributed by atoms with Crippen LogP contribution in [-0.2, 0) is 22.6 Å². The Kier molecular flexibility index (Phi) is 4.93. The maximum absolute atomic E-state index is 12.3. The van der Waals surface area contributed by atoms with Crippen molar-refractivity contribution >= 4 is 45.6 Å². The molecule has 1 aliphatic carbocycles. The molecule has 2 N–H and O–H groups in total. The maximum atomic E-state index is 12.3. The molecule has 1 fully saturated rings. The summed E-state index contributed by atoms with van der Waals surface area (Å²) in [6.07, 6.45) is 2.75. The topological polar surface area (TPSA) is 74.3 Å². The van der Waals surface area contributed by atoms with E-state index >= 15 is 0 Å². The molecule has 2 amide bonds. The largest absolute Gasteiger partial charge is 0.325 e. The number of fused-ring (bicyclic) bond motifs is 1. The number of nitrogens with one attached hydrogen (secondary N) is 2. The molecule has 136 valence electrons. The Morgan fingerprint density at radius 3 is 2.73 bits per heavy atom.